The fourth-order valence-corrected chi connectivity index (χ4v) is 2.21. The average molecular weight is 277 g/mol. The lowest BCUT2D eigenvalue weighted by Crippen LogP contribution is -2.17. The molecule has 0 bridgehead atoms. The third-order valence-electron chi connectivity index (χ3n) is 2.63. The maximum absolute atomic E-state index is 5.98. The molecule has 1 aliphatic heterocycles. The van der Waals surface area contributed by atoms with Crippen molar-refractivity contribution in [3.63, 3.8) is 0 Å². The van der Waals surface area contributed by atoms with Crippen LogP contribution in [0.1, 0.15) is 12.0 Å². The molecule has 0 radical (unpaired) electrons. The quantitative estimate of drug-likeness (QED) is 0.791. The van der Waals surface area contributed by atoms with Crippen molar-refractivity contribution in [2.45, 2.75) is 18.4 Å². The number of benzene rings is 1. The summed E-state index contributed by atoms with van der Waals surface area (Å²) in [6.07, 6.45) is 0.945. The highest BCUT2D eigenvalue weighted by molar-refractivity contribution is 6.31. The first kappa shape index (κ1) is 12.8. The Morgan fingerprint density at radius 3 is 2.88 bits per heavy atom. The van der Waals surface area contributed by atoms with E-state index in [1.54, 1.807) is 19.2 Å². The van der Waals surface area contributed by atoms with Crippen molar-refractivity contribution in [1.82, 2.24) is 0 Å². The maximum atomic E-state index is 5.98. The molecule has 1 aromatic carbocycles. The second kappa shape index (κ2) is 5.80. The summed E-state index contributed by atoms with van der Waals surface area (Å²) in [6, 6.07) is 3.52. The van der Waals surface area contributed by atoms with Crippen LogP contribution >= 0.6 is 23.2 Å². The van der Waals surface area contributed by atoms with Crippen LogP contribution in [0.4, 0.5) is 0 Å². The Morgan fingerprint density at radius 1 is 1.47 bits per heavy atom. The summed E-state index contributed by atoms with van der Waals surface area (Å²) in [5.41, 5.74) is 0.836. The predicted molar refractivity (Wildman–Crippen MR) is 67.4 cm³/mol. The Hall–Kier alpha value is -0.640. The molecule has 1 saturated heterocycles. The monoisotopic (exact) mass is 276 g/mol. The number of alkyl halides is 1. The van der Waals surface area contributed by atoms with Gasteiger partial charge in [0.1, 0.15) is 6.10 Å². The number of rotatable bonds is 4. The molecular weight excluding hydrogens is 263 g/mol. The topological polar surface area (TPSA) is 27.7 Å². The Balaban J connectivity index is 2.28. The summed E-state index contributed by atoms with van der Waals surface area (Å²) < 4.78 is 16.4. The van der Waals surface area contributed by atoms with Gasteiger partial charge in [-0.1, -0.05) is 11.6 Å². The van der Waals surface area contributed by atoms with Crippen molar-refractivity contribution in [2.24, 2.45) is 0 Å². The average Bonchev–Trinajstić information content (AvgIpc) is 2.83. The smallest absolute Gasteiger partial charge is 0.166 e. The Morgan fingerprint density at radius 2 is 2.29 bits per heavy atom. The largest absolute Gasteiger partial charge is 0.493 e. The van der Waals surface area contributed by atoms with Crippen LogP contribution in [-0.4, -0.2) is 26.4 Å². The van der Waals surface area contributed by atoms with Crippen molar-refractivity contribution in [3.8, 4) is 11.5 Å². The highest BCUT2D eigenvalue weighted by Crippen LogP contribution is 2.36. The maximum Gasteiger partial charge on any atom is 0.166 e. The number of methoxy groups -OCH3 is 1. The number of ether oxygens (including phenoxy) is 3. The molecule has 1 atom stereocenters. The molecule has 1 aliphatic rings. The first-order chi connectivity index (χ1) is 8.24. The molecule has 0 saturated carbocycles. The minimum absolute atomic E-state index is 0.0621. The minimum Gasteiger partial charge on any atom is -0.493 e. The van der Waals surface area contributed by atoms with Gasteiger partial charge in [-0.25, -0.2) is 0 Å². The predicted octanol–water partition coefficient (Wildman–Crippen LogP) is 3.26. The first-order valence-corrected chi connectivity index (χ1v) is 6.32. The van der Waals surface area contributed by atoms with E-state index in [0.717, 1.165) is 18.6 Å². The normalized spacial score (nSPS) is 19.4. The molecule has 3 nitrogen and oxygen atoms in total. The summed E-state index contributed by atoms with van der Waals surface area (Å²) in [5.74, 6) is 1.61. The summed E-state index contributed by atoms with van der Waals surface area (Å²) in [5, 5.41) is 0.590. The van der Waals surface area contributed by atoms with Crippen molar-refractivity contribution in [1.29, 1.82) is 0 Å². The van der Waals surface area contributed by atoms with Crippen LogP contribution in [0.25, 0.3) is 0 Å². The van der Waals surface area contributed by atoms with E-state index in [2.05, 4.69) is 0 Å². The van der Waals surface area contributed by atoms with Crippen LogP contribution in [0.2, 0.25) is 5.02 Å². The second-order valence-corrected chi connectivity index (χ2v) is 4.54. The molecule has 1 fully saturated rings. The fourth-order valence-electron chi connectivity index (χ4n) is 1.78. The zero-order valence-electron chi connectivity index (χ0n) is 9.54. The van der Waals surface area contributed by atoms with Crippen LogP contribution in [0, 0.1) is 0 Å². The lowest BCUT2D eigenvalue weighted by atomic mass is 10.2. The number of hydrogen-bond acceptors (Lipinski definition) is 3. The lowest BCUT2D eigenvalue weighted by Gasteiger charge is -2.18. The molecule has 1 aromatic rings. The molecule has 1 heterocycles. The molecule has 17 heavy (non-hydrogen) atoms. The molecule has 0 aromatic heterocycles. The molecule has 0 aliphatic carbocycles. The van der Waals surface area contributed by atoms with Crippen LogP contribution < -0.4 is 9.47 Å². The highest BCUT2D eigenvalue weighted by atomic mass is 35.5. The molecule has 0 N–H and O–H groups in total. The van der Waals surface area contributed by atoms with Gasteiger partial charge >= 0.3 is 0 Å². The van der Waals surface area contributed by atoms with Crippen LogP contribution in [-0.2, 0) is 10.6 Å². The fraction of sp³-hybridized carbons (Fsp3) is 0.500. The van der Waals surface area contributed by atoms with E-state index in [4.69, 9.17) is 37.4 Å². The van der Waals surface area contributed by atoms with Crippen LogP contribution in [0.15, 0.2) is 12.1 Å². The van der Waals surface area contributed by atoms with E-state index in [9.17, 15) is 0 Å². The van der Waals surface area contributed by atoms with Crippen molar-refractivity contribution in [3.05, 3.63) is 22.7 Å². The molecule has 5 heteroatoms. The van der Waals surface area contributed by atoms with E-state index in [-0.39, 0.29) is 6.10 Å². The number of halogens is 2. The van der Waals surface area contributed by atoms with Gasteiger partial charge in [0.05, 0.1) is 26.2 Å². The van der Waals surface area contributed by atoms with Gasteiger partial charge in [-0.15, -0.1) is 11.6 Å². The zero-order chi connectivity index (χ0) is 12.3. The van der Waals surface area contributed by atoms with E-state index in [1.807, 2.05) is 0 Å². The van der Waals surface area contributed by atoms with Crippen LogP contribution in [0.5, 0.6) is 11.5 Å². The molecule has 94 valence electrons. The molecule has 1 unspecified atom stereocenters. The van der Waals surface area contributed by atoms with Crippen molar-refractivity contribution < 1.29 is 14.2 Å². The molecule has 2 rings (SSSR count). The molecular formula is C12H14Cl2O3. The second-order valence-electron chi connectivity index (χ2n) is 3.83. The van der Waals surface area contributed by atoms with Gasteiger partial charge in [0.2, 0.25) is 0 Å². The van der Waals surface area contributed by atoms with Crippen molar-refractivity contribution >= 4 is 23.2 Å². The van der Waals surface area contributed by atoms with E-state index in [0.29, 0.717) is 29.0 Å². The van der Waals surface area contributed by atoms with E-state index in [1.165, 1.54) is 0 Å². The third-order valence-corrected chi connectivity index (χ3v) is 3.14. The minimum atomic E-state index is 0.0621. The van der Waals surface area contributed by atoms with Crippen molar-refractivity contribution in [2.75, 3.05) is 20.3 Å². The summed E-state index contributed by atoms with van der Waals surface area (Å²) in [6.45, 7) is 1.34. The Bertz CT molecular complexity index is 364. The molecule has 0 amide bonds. The van der Waals surface area contributed by atoms with Gasteiger partial charge < -0.3 is 14.2 Å². The Kier molecular flexibility index (Phi) is 4.37. The number of hydrogen-bond donors (Lipinski definition) is 0. The lowest BCUT2D eigenvalue weighted by molar-refractivity contribution is 0.138. The van der Waals surface area contributed by atoms with Gasteiger partial charge in [0.15, 0.2) is 11.5 Å². The van der Waals surface area contributed by atoms with E-state index < -0.39 is 0 Å². The van der Waals surface area contributed by atoms with E-state index >= 15 is 0 Å². The van der Waals surface area contributed by atoms with Gasteiger partial charge in [-0.2, -0.15) is 0 Å². The highest BCUT2D eigenvalue weighted by Gasteiger charge is 2.21. The van der Waals surface area contributed by atoms with Gasteiger partial charge in [0, 0.05) is 23.1 Å². The van der Waals surface area contributed by atoms with Gasteiger partial charge in [-0.3, -0.25) is 0 Å². The first-order valence-electron chi connectivity index (χ1n) is 5.41. The third kappa shape index (κ3) is 2.97. The van der Waals surface area contributed by atoms with Crippen LogP contribution in [0.3, 0.4) is 0 Å². The standard InChI is InChI=1S/C12H14Cl2O3/c1-15-11-5-9(14)4-8(6-13)12(11)17-10-2-3-16-7-10/h4-5,10H,2-3,6-7H2,1H3. The van der Waals surface area contributed by atoms with Gasteiger partial charge in [0.25, 0.3) is 0 Å². The summed E-state index contributed by atoms with van der Waals surface area (Å²) >= 11 is 11.9. The Labute approximate surface area is 111 Å². The summed E-state index contributed by atoms with van der Waals surface area (Å²) in [4.78, 5) is 0. The molecule has 0 spiro atoms. The zero-order valence-corrected chi connectivity index (χ0v) is 11.1. The summed E-state index contributed by atoms with van der Waals surface area (Å²) in [7, 11) is 1.59. The van der Waals surface area contributed by atoms with Gasteiger partial charge in [-0.05, 0) is 6.07 Å². The SMILES string of the molecule is COc1cc(Cl)cc(CCl)c1OC1CCOC1.